The lowest BCUT2D eigenvalue weighted by atomic mass is 9.93. The summed E-state index contributed by atoms with van der Waals surface area (Å²) < 4.78 is 6.30. The van der Waals surface area contributed by atoms with E-state index in [2.05, 4.69) is 39.1 Å². The maximum absolute atomic E-state index is 6.30. The van der Waals surface area contributed by atoms with Crippen LogP contribution in [0.4, 0.5) is 5.95 Å². The fraction of sp³-hybridized carbons (Fsp3) is 0.240. The van der Waals surface area contributed by atoms with E-state index in [0.717, 1.165) is 60.1 Å². The first-order chi connectivity index (χ1) is 15.3. The predicted molar refractivity (Wildman–Crippen MR) is 121 cm³/mol. The average Bonchev–Trinajstić information content (AvgIpc) is 3.24. The molecule has 3 heterocycles. The van der Waals surface area contributed by atoms with Gasteiger partial charge < -0.3 is 10.2 Å². The van der Waals surface area contributed by atoms with Gasteiger partial charge >= 0.3 is 0 Å². The summed E-state index contributed by atoms with van der Waals surface area (Å²) in [4.78, 5) is 15.7. The van der Waals surface area contributed by atoms with E-state index in [1.807, 2.05) is 42.5 Å². The first kappa shape index (κ1) is 19.5. The molecular weight excluding hydrogens is 386 g/mol. The quantitative estimate of drug-likeness (QED) is 0.510. The molecule has 6 nitrogen and oxygen atoms in total. The Morgan fingerprint density at radius 1 is 0.871 bits per heavy atom. The molecular formula is C25H25N5O. The molecule has 0 saturated carbocycles. The molecule has 2 aromatic carbocycles. The normalized spacial score (nSPS) is 15.2. The molecule has 0 amide bonds. The van der Waals surface area contributed by atoms with Crippen molar-refractivity contribution in [3.63, 3.8) is 0 Å². The van der Waals surface area contributed by atoms with Crippen LogP contribution in [0.15, 0.2) is 77.3 Å². The van der Waals surface area contributed by atoms with E-state index in [1.54, 1.807) is 6.20 Å². The van der Waals surface area contributed by atoms with Crippen molar-refractivity contribution in [1.82, 2.24) is 19.9 Å². The Labute approximate surface area is 181 Å². The molecule has 0 bridgehead atoms. The lowest BCUT2D eigenvalue weighted by molar-refractivity contribution is 0.187. The Kier molecular flexibility index (Phi) is 5.46. The summed E-state index contributed by atoms with van der Waals surface area (Å²) in [6, 6.07) is 22.4. The van der Waals surface area contributed by atoms with Crippen LogP contribution in [0.1, 0.15) is 30.3 Å². The van der Waals surface area contributed by atoms with Gasteiger partial charge in [-0.05, 0) is 32.0 Å². The van der Waals surface area contributed by atoms with E-state index in [1.165, 1.54) is 0 Å². The molecule has 1 fully saturated rings. The number of nitrogens with zero attached hydrogens (tertiary/aromatic N) is 4. The summed E-state index contributed by atoms with van der Waals surface area (Å²) in [5, 5.41) is 0. The number of nitrogens with two attached hydrogens (primary N) is 1. The minimum Gasteiger partial charge on any atom is -0.439 e. The summed E-state index contributed by atoms with van der Waals surface area (Å²) in [6.07, 6.45) is 3.82. The van der Waals surface area contributed by atoms with Gasteiger partial charge in [0.2, 0.25) is 11.8 Å². The van der Waals surface area contributed by atoms with Crippen LogP contribution in [0.5, 0.6) is 0 Å². The Bertz CT molecular complexity index is 1080. The number of rotatable bonds is 5. The Balaban J connectivity index is 1.34. The average molecular weight is 412 g/mol. The van der Waals surface area contributed by atoms with Crippen LogP contribution in [-0.4, -0.2) is 32.9 Å². The zero-order chi connectivity index (χ0) is 21.0. The van der Waals surface area contributed by atoms with Gasteiger partial charge in [0.1, 0.15) is 5.69 Å². The second-order valence-corrected chi connectivity index (χ2v) is 7.91. The highest BCUT2D eigenvalue weighted by Crippen LogP contribution is 2.34. The fourth-order valence-corrected chi connectivity index (χ4v) is 4.20. The van der Waals surface area contributed by atoms with Crippen LogP contribution in [0.2, 0.25) is 0 Å². The summed E-state index contributed by atoms with van der Waals surface area (Å²) in [5.74, 6) is 2.35. The standard InChI is InChI=1S/C25H25N5O/c26-25-27-14-11-21(28-25)18-12-15-30(16-13-18)17-22-29-23(19-7-3-1-4-8-19)24(31-22)20-9-5-2-6-10-20/h1-11,14,18H,12-13,15-17H2,(H2,26,27,28). The van der Waals surface area contributed by atoms with E-state index in [0.29, 0.717) is 18.4 Å². The van der Waals surface area contributed by atoms with Crippen LogP contribution in [0.3, 0.4) is 0 Å². The highest BCUT2D eigenvalue weighted by molar-refractivity contribution is 5.76. The molecule has 0 aliphatic carbocycles. The monoisotopic (exact) mass is 411 g/mol. The Morgan fingerprint density at radius 3 is 2.23 bits per heavy atom. The zero-order valence-corrected chi connectivity index (χ0v) is 17.3. The second kappa shape index (κ2) is 8.70. The molecule has 1 aliphatic heterocycles. The molecule has 1 aliphatic rings. The van der Waals surface area contributed by atoms with Crippen LogP contribution in [0.25, 0.3) is 22.6 Å². The van der Waals surface area contributed by atoms with Crippen molar-refractivity contribution in [2.45, 2.75) is 25.3 Å². The predicted octanol–water partition coefficient (Wildman–Crippen LogP) is 4.76. The van der Waals surface area contributed by atoms with Crippen LogP contribution in [0, 0.1) is 0 Å². The Morgan fingerprint density at radius 2 is 1.55 bits per heavy atom. The van der Waals surface area contributed by atoms with Gasteiger partial charge in [-0.15, -0.1) is 0 Å². The van der Waals surface area contributed by atoms with Gasteiger partial charge in [-0.2, -0.15) is 0 Å². The highest BCUT2D eigenvalue weighted by Gasteiger charge is 2.24. The van der Waals surface area contributed by atoms with E-state index >= 15 is 0 Å². The molecule has 0 radical (unpaired) electrons. The number of hydrogen-bond donors (Lipinski definition) is 1. The van der Waals surface area contributed by atoms with Gasteiger partial charge in [0.25, 0.3) is 0 Å². The topological polar surface area (TPSA) is 81.1 Å². The molecule has 1 saturated heterocycles. The van der Waals surface area contributed by atoms with Crippen molar-refractivity contribution in [1.29, 1.82) is 0 Å². The van der Waals surface area contributed by atoms with Gasteiger partial charge in [0.15, 0.2) is 5.76 Å². The van der Waals surface area contributed by atoms with E-state index in [-0.39, 0.29) is 0 Å². The first-order valence-corrected chi connectivity index (χ1v) is 10.7. The van der Waals surface area contributed by atoms with Crippen LogP contribution >= 0.6 is 0 Å². The van der Waals surface area contributed by atoms with Crippen molar-refractivity contribution in [2.24, 2.45) is 0 Å². The third kappa shape index (κ3) is 4.34. The molecule has 0 atom stereocenters. The number of nitrogen functional groups attached to an aromatic ring is 1. The van der Waals surface area contributed by atoms with Gasteiger partial charge in [-0.3, -0.25) is 4.90 Å². The number of piperidine rings is 1. The maximum atomic E-state index is 6.30. The van der Waals surface area contributed by atoms with Crippen molar-refractivity contribution < 1.29 is 4.42 Å². The lowest BCUT2D eigenvalue weighted by Crippen LogP contribution is -2.32. The number of anilines is 1. The molecule has 31 heavy (non-hydrogen) atoms. The van der Waals surface area contributed by atoms with Crippen molar-refractivity contribution >= 4 is 5.95 Å². The molecule has 2 aromatic heterocycles. The molecule has 0 unspecified atom stereocenters. The molecule has 2 N–H and O–H groups in total. The number of benzene rings is 2. The fourth-order valence-electron chi connectivity index (χ4n) is 4.20. The third-order valence-corrected chi connectivity index (χ3v) is 5.82. The number of aromatic nitrogens is 3. The van der Waals surface area contributed by atoms with E-state index in [4.69, 9.17) is 15.1 Å². The summed E-state index contributed by atoms with van der Waals surface area (Å²) in [7, 11) is 0. The number of oxazole rings is 1. The lowest BCUT2D eigenvalue weighted by Gasteiger charge is -2.30. The largest absolute Gasteiger partial charge is 0.439 e. The molecule has 6 heteroatoms. The highest BCUT2D eigenvalue weighted by atomic mass is 16.4. The summed E-state index contributed by atoms with van der Waals surface area (Å²) in [6.45, 7) is 2.64. The minimum absolute atomic E-state index is 0.349. The van der Waals surface area contributed by atoms with Crippen LogP contribution in [-0.2, 0) is 6.54 Å². The zero-order valence-electron chi connectivity index (χ0n) is 17.3. The molecule has 5 rings (SSSR count). The first-order valence-electron chi connectivity index (χ1n) is 10.7. The second-order valence-electron chi connectivity index (χ2n) is 7.91. The van der Waals surface area contributed by atoms with E-state index < -0.39 is 0 Å². The van der Waals surface area contributed by atoms with Crippen LogP contribution < -0.4 is 5.73 Å². The van der Waals surface area contributed by atoms with Crippen molar-refractivity contribution in [2.75, 3.05) is 18.8 Å². The number of hydrogen-bond acceptors (Lipinski definition) is 6. The van der Waals surface area contributed by atoms with Gasteiger partial charge in [-0.25, -0.2) is 15.0 Å². The smallest absolute Gasteiger partial charge is 0.220 e. The summed E-state index contributed by atoms with van der Waals surface area (Å²) >= 11 is 0. The summed E-state index contributed by atoms with van der Waals surface area (Å²) in [5.41, 5.74) is 9.80. The van der Waals surface area contributed by atoms with Gasteiger partial charge in [0.05, 0.1) is 6.54 Å². The maximum Gasteiger partial charge on any atom is 0.220 e. The molecule has 4 aromatic rings. The minimum atomic E-state index is 0.349. The third-order valence-electron chi connectivity index (χ3n) is 5.82. The Hall–Kier alpha value is -3.51. The SMILES string of the molecule is Nc1nccc(C2CCN(Cc3nc(-c4ccccc4)c(-c4ccccc4)o3)CC2)n1. The van der Waals surface area contributed by atoms with Gasteiger partial charge in [0, 0.05) is 28.9 Å². The molecule has 156 valence electrons. The number of likely N-dealkylation sites (tertiary alicyclic amines) is 1. The van der Waals surface area contributed by atoms with E-state index in [9.17, 15) is 0 Å². The van der Waals surface area contributed by atoms with Gasteiger partial charge in [-0.1, -0.05) is 60.7 Å². The van der Waals surface area contributed by atoms with Crippen molar-refractivity contribution in [3.8, 4) is 22.6 Å². The van der Waals surface area contributed by atoms with Crippen molar-refractivity contribution in [3.05, 3.63) is 84.5 Å². The molecule has 0 spiro atoms.